The molecule has 0 aromatic rings. The Morgan fingerprint density at radius 2 is 2.27 bits per heavy atom. The van der Waals surface area contributed by atoms with Gasteiger partial charge in [-0.05, 0) is 13.1 Å². The highest BCUT2D eigenvalue weighted by Gasteiger charge is 2.16. The summed E-state index contributed by atoms with van der Waals surface area (Å²) in [5, 5.41) is 0. The molecule has 0 spiro atoms. The van der Waals surface area contributed by atoms with E-state index >= 15 is 0 Å². The van der Waals surface area contributed by atoms with Gasteiger partial charge in [0.2, 0.25) is 0 Å². The van der Waals surface area contributed by atoms with Crippen LogP contribution < -0.4 is 0 Å². The first kappa shape index (κ1) is 10.4. The first-order valence-corrected chi connectivity index (χ1v) is 6.63. The van der Waals surface area contributed by atoms with Crippen molar-refractivity contribution >= 4 is 14.3 Å². The van der Waals surface area contributed by atoms with Crippen molar-refractivity contribution in [1.82, 2.24) is 0 Å². The van der Waals surface area contributed by atoms with Gasteiger partial charge in [-0.3, -0.25) is 0 Å². The molecule has 3 nitrogen and oxygen atoms in total. The maximum absolute atomic E-state index is 10.5. The molecule has 64 valence electrons. The minimum Gasteiger partial charge on any atom is -0.463 e. The van der Waals surface area contributed by atoms with Crippen LogP contribution in [0.5, 0.6) is 0 Å². The van der Waals surface area contributed by atoms with E-state index in [-0.39, 0.29) is 0 Å². The van der Waals surface area contributed by atoms with Gasteiger partial charge in [-0.1, -0.05) is 6.58 Å². The van der Waals surface area contributed by atoms with Crippen molar-refractivity contribution in [3.63, 3.8) is 0 Å². The van der Waals surface area contributed by atoms with Gasteiger partial charge in [0.1, 0.15) is 0 Å². The van der Waals surface area contributed by atoms with Gasteiger partial charge in [-0.15, -0.1) is 0 Å². The summed E-state index contributed by atoms with van der Waals surface area (Å²) in [5.41, 5.74) is 0. The number of esters is 1. The molecule has 0 bridgehead atoms. The van der Waals surface area contributed by atoms with Gasteiger partial charge in [0.15, 0.2) is 8.32 Å². The van der Waals surface area contributed by atoms with Crippen molar-refractivity contribution in [2.75, 3.05) is 6.61 Å². The van der Waals surface area contributed by atoms with Crippen LogP contribution in [0.2, 0.25) is 19.1 Å². The fourth-order valence-electron chi connectivity index (χ4n) is 0.460. The number of carbonyl (C=O) groups excluding carboxylic acids is 1. The fraction of sp³-hybridized carbons (Fsp3) is 0.571. The average molecular weight is 174 g/mol. The van der Waals surface area contributed by atoms with E-state index in [0.29, 0.717) is 12.7 Å². The molecule has 0 atom stereocenters. The minimum atomic E-state index is -2.05. The molecule has 0 heterocycles. The molecule has 1 N–H and O–H groups in total. The molecule has 0 amide bonds. The van der Waals surface area contributed by atoms with Gasteiger partial charge >= 0.3 is 5.97 Å². The van der Waals surface area contributed by atoms with Crippen LogP contribution in [0.15, 0.2) is 12.7 Å². The molecule has 11 heavy (non-hydrogen) atoms. The lowest BCUT2D eigenvalue weighted by molar-refractivity contribution is -0.137. The minimum absolute atomic E-state index is 0.292. The monoisotopic (exact) mass is 174 g/mol. The summed E-state index contributed by atoms with van der Waals surface area (Å²) in [6, 6.07) is 0.576. The first-order valence-electron chi connectivity index (χ1n) is 3.47. The Hall–Kier alpha value is -0.613. The Kier molecular flexibility index (Phi) is 4.06. The summed E-state index contributed by atoms with van der Waals surface area (Å²) < 4.78 is 4.68. The van der Waals surface area contributed by atoms with E-state index in [1.54, 1.807) is 13.1 Å². The summed E-state index contributed by atoms with van der Waals surface area (Å²) in [6.45, 7) is 7.14. The number of ether oxygens (including phenoxy) is 1. The summed E-state index contributed by atoms with van der Waals surface area (Å²) in [7, 11) is -2.05. The van der Waals surface area contributed by atoms with E-state index in [0.717, 1.165) is 6.08 Å². The molecule has 0 aromatic heterocycles. The number of rotatable bonds is 4. The second-order valence-electron chi connectivity index (χ2n) is 2.93. The SMILES string of the molecule is C=CC(=O)OCC[Si](C)(C)O. The topological polar surface area (TPSA) is 46.5 Å². The molecule has 0 rings (SSSR count). The maximum Gasteiger partial charge on any atom is 0.330 e. The standard InChI is InChI=1S/C7H14O3Si/c1-4-7(8)10-5-6-11(2,3)9/h4,9H,1,5-6H2,2-3H3. The second-order valence-corrected chi connectivity index (χ2v) is 7.06. The van der Waals surface area contributed by atoms with Crippen LogP contribution in [0.4, 0.5) is 0 Å². The van der Waals surface area contributed by atoms with Crippen molar-refractivity contribution in [3.05, 3.63) is 12.7 Å². The Morgan fingerprint density at radius 1 is 1.73 bits per heavy atom. The largest absolute Gasteiger partial charge is 0.463 e. The van der Waals surface area contributed by atoms with Crippen LogP contribution in [0.3, 0.4) is 0 Å². The van der Waals surface area contributed by atoms with E-state index in [2.05, 4.69) is 11.3 Å². The van der Waals surface area contributed by atoms with Crippen LogP contribution >= 0.6 is 0 Å². The molecule has 0 saturated heterocycles. The Morgan fingerprint density at radius 3 is 2.64 bits per heavy atom. The molecule has 0 aliphatic carbocycles. The molecule has 0 unspecified atom stereocenters. The zero-order valence-electron chi connectivity index (χ0n) is 6.96. The molecule has 0 radical (unpaired) electrons. The van der Waals surface area contributed by atoms with Crippen molar-refractivity contribution in [3.8, 4) is 0 Å². The van der Waals surface area contributed by atoms with E-state index in [1.165, 1.54) is 0 Å². The molecule has 0 aliphatic rings. The van der Waals surface area contributed by atoms with Crippen LogP contribution in [-0.2, 0) is 9.53 Å². The van der Waals surface area contributed by atoms with E-state index < -0.39 is 14.3 Å². The highest BCUT2D eigenvalue weighted by Crippen LogP contribution is 2.03. The quantitative estimate of drug-likeness (QED) is 0.391. The van der Waals surface area contributed by atoms with E-state index in [9.17, 15) is 9.59 Å². The highest BCUT2D eigenvalue weighted by molar-refractivity contribution is 6.69. The maximum atomic E-state index is 10.5. The predicted molar refractivity (Wildman–Crippen MR) is 45.7 cm³/mol. The molecule has 0 saturated carbocycles. The lowest BCUT2D eigenvalue weighted by Gasteiger charge is -2.12. The van der Waals surface area contributed by atoms with Gasteiger partial charge in [-0.25, -0.2) is 4.79 Å². The van der Waals surface area contributed by atoms with Gasteiger partial charge in [0, 0.05) is 12.1 Å². The number of hydrogen-bond acceptors (Lipinski definition) is 3. The summed E-state index contributed by atoms with van der Waals surface area (Å²) >= 11 is 0. The third-order valence-corrected chi connectivity index (χ3v) is 2.55. The number of carbonyl (C=O) groups is 1. The second kappa shape index (κ2) is 4.30. The van der Waals surface area contributed by atoms with Gasteiger partial charge in [0.25, 0.3) is 0 Å². The highest BCUT2D eigenvalue weighted by atomic mass is 28.4. The van der Waals surface area contributed by atoms with Crippen LogP contribution in [0, 0.1) is 0 Å². The summed E-state index contributed by atoms with van der Waals surface area (Å²) in [5.74, 6) is -0.428. The van der Waals surface area contributed by atoms with Crippen molar-refractivity contribution in [1.29, 1.82) is 0 Å². The van der Waals surface area contributed by atoms with Crippen molar-refractivity contribution in [2.45, 2.75) is 19.1 Å². The zero-order chi connectivity index (χ0) is 8.91. The van der Waals surface area contributed by atoms with E-state index in [4.69, 9.17) is 0 Å². The first-order chi connectivity index (χ1) is 4.95. The van der Waals surface area contributed by atoms with Gasteiger partial charge in [0.05, 0.1) is 6.61 Å². The molecular formula is C7H14O3Si. The molecule has 0 fully saturated rings. The molecule has 0 aliphatic heterocycles. The molecule has 4 heteroatoms. The van der Waals surface area contributed by atoms with Crippen molar-refractivity contribution in [2.24, 2.45) is 0 Å². The Labute approximate surface area is 67.8 Å². The van der Waals surface area contributed by atoms with Crippen molar-refractivity contribution < 1.29 is 14.3 Å². The van der Waals surface area contributed by atoms with Gasteiger partial charge < -0.3 is 9.53 Å². The average Bonchev–Trinajstić information content (AvgIpc) is 1.85. The fourth-order valence-corrected chi connectivity index (χ4v) is 1.06. The van der Waals surface area contributed by atoms with Crippen LogP contribution in [0.1, 0.15) is 0 Å². The summed E-state index contributed by atoms with van der Waals surface area (Å²) in [6.07, 6.45) is 1.12. The Bertz CT molecular complexity index is 148. The number of hydrogen-bond donors (Lipinski definition) is 1. The third kappa shape index (κ3) is 7.28. The third-order valence-electron chi connectivity index (χ3n) is 1.12. The smallest absolute Gasteiger partial charge is 0.330 e. The van der Waals surface area contributed by atoms with Gasteiger partial charge in [-0.2, -0.15) is 0 Å². The Balaban J connectivity index is 3.42. The van der Waals surface area contributed by atoms with E-state index in [1.807, 2.05) is 0 Å². The predicted octanol–water partition coefficient (Wildman–Crippen LogP) is 0.913. The zero-order valence-corrected chi connectivity index (χ0v) is 7.96. The van der Waals surface area contributed by atoms with Crippen LogP contribution in [0.25, 0.3) is 0 Å². The van der Waals surface area contributed by atoms with Crippen LogP contribution in [-0.4, -0.2) is 25.7 Å². The molecular weight excluding hydrogens is 160 g/mol. The lowest BCUT2D eigenvalue weighted by atomic mass is 10.6. The molecule has 0 aromatic carbocycles. The lowest BCUT2D eigenvalue weighted by Crippen LogP contribution is -2.26. The normalized spacial score (nSPS) is 10.8. The summed E-state index contributed by atoms with van der Waals surface area (Å²) in [4.78, 5) is 19.8.